The lowest BCUT2D eigenvalue weighted by molar-refractivity contribution is 0.179. The van der Waals surface area contributed by atoms with Crippen LogP contribution in [0.1, 0.15) is 30.4 Å². The monoisotopic (exact) mass is 527 g/mol. The summed E-state index contributed by atoms with van der Waals surface area (Å²) in [6.45, 7) is 0.262. The first kappa shape index (κ1) is 25.0. The van der Waals surface area contributed by atoms with E-state index in [9.17, 15) is 26.4 Å². The molecular weight excluding hydrogens is 503 g/mol. The molecule has 192 valence electrons. The summed E-state index contributed by atoms with van der Waals surface area (Å²) in [7, 11) is -3.28. The van der Waals surface area contributed by atoms with Crippen molar-refractivity contribution in [1.82, 2.24) is 15.2 Å². The summed E-state index contributed by atoms with van der Waals surface area (Å²) >= 11 is 0. The molecule has 2 aliphatic heterocycles. The fraction of sp³-hybridized carbons (Fsp3) is 0.259. The summed E-state index contributed by atoms with van der Waals surface area (Å²) in [5, 5.41) is 2.91. The summed E-state index contributed by atoms with van der Waals surface area (Å²) < 4.78 is 65.1. The predicted molar refractivity (Wildman–Crippen MR) is 133 cm³/mol. The van der Waals surface area contributed by atoms with Crippen LogP contribution >= 0.6 is 0 Å². The van der Waals surface area contributed by atoms with Gasteiger partial charge in [0.25, 0.3) is 0 Å². The van der Waals surface area contributed by atoms with Crippen LogP contribution in [-0.2, 0) is 16.4 Å². The molecule has 2 bridgehead atoms. The highest BCUT2D eigenvalue weighted by Crippen LogP contribution is 2.39. The van der Waals surface area contributed by atoms with E-state index in [1.54, 1.807) is 18.2 Å². The van der Waals surface area contributed by atoms with E-state index in [-0.39, 0.29) is 40.7 Å². The van der Waals surface area contributed by atoms with Crippen molar-refractivity contribution in [1.29, 1.82) is 0 Å². The Kier molecular flexibility index (Phi) is 6.53. The molecule has 0 spiro atoms. The minimum atomic E-state index is -3.28. The fourth-order valence-corrected chi connectivity index (χ4v) is 5.68. The van der Waals surface area contributed by atoms with Crippen molar-refractivity contribution in [3.63, 3.8) is 0 Å². The van der Waals surface area contributed by atoms with Crippen LogP contribution in [0.15, 0.2) is 65.6 Å². The van der Waals surface area contributed by atoms with Crippen molar-refractivity contribution in [2.45, 2.75) is 42.8 Å². The van der Waals surface area contributed by atoms with Crippen molar-refractivity contribution in [3.05, 3.63) is 89.5 Å². The van der Waals surface area contributed by atoms with Crippen molar-refractivity contribution >= 4 is 21.4 Å². The summed E-state index contributed by atoms with van der Waals surface area (Å²) in [5.74, 6) is -2.64. The minimum Gasteiger partial charge on any atom is -0.334 e. The van der Waals surface area contributed by atoms with E-state index in [1.807, 2.05) is 11.0 Å². The average molecular weight is 528 g/mol. The number of fused-ring (bicyclic) bond motifs is 2. The molecule has 2 atom stereocenters. The summed E-state index contributed by atoms with van der Waals surface area (Å²) in [6.07, 6.45) is 5.29. The van der Waals surface area contributed by atoms with Gasteiger partial charge in [0.15, 0.2) is 9.84 Å². The molecule has 2 unspecified atom stereocenters. The number of carbonyl (C=O) groups is 1. The molecule has 2 aromatic carbocycles. The normalized spacial score (nSPS) is 19.0. The molecule has 1 saturated heterocycles. The molecule has 1 aromatic heterocycles. The van der Waals surface area contributed by atoms with Crippen LogP contribution in [0.2, 0.25) is 0 Å². The zero-order valence-corrected chi connectivity index (χ0v) is 20.7. The van der Waals surface area contributed by atoms with Gasteiger partial charge in [-0.05, 0) is 59.7 Å². The molecule has 0 radical (unpaired) electrons. The SMILES string of the molecule is CS(=O)(=O)c1ccc(CNC(=O)N2C3C=C(c4ccc(-c5cc(F)nc(F)c5)c(F)c4)CC2CC3)cc1. The molecule has 3 aromatic rings. The molecule has 1 N–H and O–H groups in total. The van der Waals surface area contributed by atoms with Gasteiger partial charge in [-0.1, -0.05) is 30.3 Å². The number of nitrogens with one attached hydrogen (secondary N) is 1. The predicted octanol–water partition coefficient (Wildman–Crippen LogP) is 5.10. The molecule has 6 nitrogen and oxygen atoms in total. The maximum Gasteiger partial charge on any atom is 0.318 e. The summed E-state index contributed by atoms with van der Waals surface area (Å²) in [5.41, 5.74) is 2.52. The standard InChI is InChI=1S/C27H24F3N3O3S/c1-37(35,36)22-7-2-16(3-8-22)15-31-27(34)33-20-5-6-21(33)11-18(10-20)17-4-9-23(24(28)12-17)19-13-25(29)32-26(30)14-19/h2-4,7-10,12-14,20-21H,5-6,11,15H2,1H3,(H,31,34). The Bertz CT molecular complexity index is 1490. The van der Waals surface area contributed by atoms with Crippen molar-refractivity contribution in [2.24, 2.45) is 0 Å². The Hall–Kier alpha value is -3.66. The first-order valence-electron chi connectivity index (χ1n) is 11.8. The van der Waals surface area contributed by atoms with Gasteiger partial charge in [-0.3, -0.25) is 0 Å². The van der Waals surface area contributed by atoms with Gasteiger partial charge < -0.3 is 10.2 Å². The number of benzene rings is 2. The lowest BCUT2D eigenvalue weighted by atomic mass is 9.93. The van der Waals surface area contributed by atoms with Crippen molar-refractivity contribution in [2.75, 3.05) is 6.26 Å². The van der Waals surface area contributed by atoms with E-state index in [1.165, 1.54) is 24.3 Å². The van der Waals surface area contributed by atoms with Crippen molar-refractivity contribution < 1.29 is 26.4 Å². The lowest BCUT2D eigenvalue weighted by Crippen LogP contribution is -2.48. The second-order valence-corrected chi connectivity index (χ2v) is 11.4. The Morgan fingerprint density at radius 2 is 1.70 bits per heavy atom. The molecule has 2 aliphatic rings. The van der Waals surface area contributed by atoms with E-state index in [0.717, 1.165) is 42.4 Å². The van der Waals surface area contributed by atoms with Crippen LogP contribution in [-0.4, -0.2) is 42.7 Å². The molecule has 2 amide bonds. The van der Waals surface area contributed by atoms with Crippen LogP contribution < -0.4 is 5.32 Å². The van der Waals surface area contributed by atoms with E-state index < -0.39 is 27.5 Å². The molecule has 1 fully saturated rings. The van der Waals surface area contributed by atoms with Gasteiger partial charge in [-0.15, -0.1) is 0 Å². The zero-order chi connectivity index (χ0) is 26.3. The number of pyridine rings is 1. The highest BCUT2D eigenvalue weighted by Gasteiger charge is 2.39. The first-order chi connectivity index (χ1) is 17.6. The van der Waals surface area contributed by atoms with E-state index in [0.29, 0.717) is 12.0 Å². The van der Waals surface area contributed by atoms with Gasteiger partial charge in [-0.25, -0.2) is 17.6 Å². The number of hydrogen-bond donors (Lipinski definition) is 1. The van der Waals surface area contributed by atoms with Gasteiger partial charge in [-0.2, -0.15) is 13.8 Å². The van der Waals surface area contributed by atoms with Crippen LogP contribution in [0.25, 0.3) is 16.7 Å². The van der Waals surface area contributed by atoms with E-state index in [2.05, 4.69) is 10.3 Å². The number of nitrogens with zero attached hydrogens (tertiary/aromatic N) is 2. The maximum atomic E-state index is 14.9. The average Bonchev–Trinajstić information content (AvgIpc) is 3.10. The van der Waals surface area contributed by atoms with Gasteiger partial charge in [0.2, 0.25) is 11.9 Å². The molecule has 37 heavy (non-hydrogen) atoms. The summed E-state index contributed by atoms with van der Waals surface area (Å²) in [4.78, 5) is 18.0. The number of halogens is 3. The zero-order valence-electron chi connectivity index (χ0n) is 19.9. The molecule has 5 rings (SSSR count). The van der Waals surface area contributed by atoms with Crippen molar-refractivity contribution in [3.8, 4) is 11.1 Å². The largest absolute Gasteiger partial charge is 0.334 e. The Balaban J connectivity index is 1.28. The number of amides is 2. The molecule has 3 heterocycles. The number of carbonyl (C=O) groups excluding carboxylic acids is 1. The van der Waals surface area contributed by atoms with Crippen LogP contribution in [0.3, 0.4) is 0 Å². The van der Waals surface area contributed by atoms with E-state index >= 15 is 0 Å². The van der Waals surface area contributed by atoms with Crippen LogP contribution in [0, 0.1) is 17.7 Å². The third kappa shape index (κ3) is 5.24. The third-order valence-corrected chi connectivity index (χ3v) is 7.97. The second kappa shape index (κ2) is 9.66. The van der Waals surface area contributed by atoms with Crippen LogP contribution in [0.4, 0.5) is 18.0 Å². The highest BCUT2D eigenvalue weighted by molar-refractivity contribution is 7.90. The number of urea groups is 1. The molecular formula is C27H24F3N3O3S. The maximum absolute atomic E-state index is 14.9. The van der Waals surface area contributed by atoms with Crippen LogP contribution in [0.5, 0.6) is 0 Å². The first-order valence-corrected chi connectivity index (χ1v) is 13.7. The van der Waals surface area contributed by atoms with Gasteiger partial charge in [0.05, 0.1) is 10.9 Å². The molecule has 0 saturated carbocycles. The summed E-state index contributed by atoms with van der Waals surface area (Å²) in [6, 6.07) is 12.5. The quantitative estimate of drug-likeness (QED) is 0.469. The fourth-order valence-electron chi connectivity index (χ4n) is 5.05. The van der Waals surface area contributed by atoms with E-state index in [4.69, 9.17) is 0 Å². The number of sulfone groups is 1. The minimum absolute atomic E-state index is 0.0382. The smallest absolute Gasteiger partial charge is 0.318 e. The number of aromatic nitrogens is 1. The Morgan fingerprint density at radius 3 is 2.32 bits per heavy atom. The number of hydrogen-bond acceptors (Lipinski definition) is 4. The third-order valence-electron chi connectivity index (χ3n) is 6.84. The number of rotatable bonds is 5. The Morgan fingerprint density at radius 1 is 1.00 bits per heavy atom. The lowest BCUT2D eigenvalue weighted by Gasteiger charge is -2.34. The topological polar surface area (TPSA) is 79.4 Å². The molecule has 0 aliphatic carbocycles. The second-order valence-electron chi connectivity index (χ2n) is 9.37. The highest BCUT2D eigenvalue weighted by atomic mass is 32.2. The van der Waals surface area contributed by atoms with Gasteiger partial charge in [0, 0.05) is 36.5 Å². The molecule has 10 heteroatoms. The Labute approximate surface area is 212 Å². The van der Waals surface area contributed by atoms with Gasteiger partial charge in [0.1, 0.15) is 5.82 Å². The van der Waals surface area contributed by atoms with Gasteiger partial charge >= 0.3 is 6.03 Å².